The lowest BCUT2D eigenvalue weighted by atomic mass is 9.95. The van der Waals surface area contributed by atoms with E-state index in [0.717, 1.165) is 6.42 Å². The number of likely N-dealkylation sites (tertiary alicyclic amines) is 1. The van der Waals surface area contributed by atoms with E-state index < -0.39 is 11.6 Å². The molecule has 0 bridgehead atoms. The highest BCUT2D eigenvalue weighted by molar-refractivity contribution is 5.88. The third-order valence-electron chi connectivity index (χ3n) is 4.42. The van der Waals surface area contributed by atoms with E-state index in [1.54, 1.807) is 11.8 Å². The molecule has 1 fully saturated rings. The number of carbonyl (C=O) groups excluding carboxylic acids is 2. The average Bonchev–Trinajstić information content (AvgIpc) is 2.92. The SMILES string of the molecule is CC(C)C(C(=O)NCC(C)(O)c1ccc(F)cc1)N1CCCC1=O. The molecule has 0 aromatic heterocycles. The Morgan fingerprint density at radius 1 is 1.38 bits per heavy atom. The number of nitrogens with one attached hydrogen (secondary N) is 1. The molecule has 1 aromatic rings. The molecule has 132 valence electrons. The molecule has 1 aromatic carbocycles. The first kappa shape index (κ1) is 18.4. The zero-order valence-electron chi connectivity index (χ0n) is 14.4. The molecule has 2 N–H and O–H groups in total. The maximum atomic E-state index is 13.0. The highest BCUT2D eigenvalue weighted by atomic mass is 19.1. The van der Waals surface area contributed by atoms with E-state index in [2.05, 4.69) is 5.32 Å². The van der Waals surface area contributed by atoms with Gasteiger partial charge in [0.25, 0.3) is 0 Å². The molecule has 0 aliphatic carbocycles. The predicted octanol–water partition coefficient (Wildman–Crippen LogP) is 1.80. The Balaban J connectivity index is 2.04. The summed E-state index contributed by atoms with van der Waals surface area (Å²) in [4.78, 5) is 26.1. The molecule has 1 saturated heterocycles. The Hall–Kier alpha value is -1.95. The molecule has 2 rings (SSSR count). The smallest absolute Gasteiger partial charge is 0.243 e. The molecule has 2 amide bonds. The van der Waals surface area contributed by atoms with Crippen LogP contribution in [0.15, 0.2) is 24.3 Å². The van der Waals surface area contributed by atoms with Crippen molar-refractivity contribution in [2.24, 2.45) is 5.92 Å². The van der Waals surface area contributed by atoms with E-state index in [9.17, 15) is 19.1 Å². The van der Waals surface area contributed by atoms with Crippen LogP contribution in [0.3, 0.4) is 0 Å². The van der Waals surface area contributed by atoms with Gasteiger partial charge in [-0.2, -0.15) is 0 Å². The lowest BCUT2D eigenvalue weighted by molar-refractivity contribution is -0.139. The molecule has 1 aliphatic rings. The second-order valence-electron chi connectivity index (χ2n) is 6.88. The molecule has 0 spiro atoms. The summed E-state index contributed by atoms with van der Waals surface area (Å²) < 4.78 is 13.0. The summed E-state index contributed by atoms with van der Waals surface area (Å²) in [5.74, 6) is -0.689. The first-order chi connectivity index (χ1) is 11.2. The summed E-state index contributed by atoms with van der Waals surface area (Å²) in [7, 11) is 0. The molecular weight excluding hydrogens is 311 g/mol. The van der Waals surface area contributed by atoms with Crippen LogP contribution in [0.2, 0.25) is 0 Å². The van der Waals surface area contributed by atoms with Crippen LogP contribution in [0.25, 0.3) is 0 Å². The first-order valence-electron chi connectivity index (χ1n) is 8.28. The van der Waals surface area contributed by atoms with Crippen molar-refractivity contribution in [2.75, 3.05) is 13.1 Å². The minimum atomic E-state index is -1.32. The first-order valence-corrected chi connectivity index (χ1v) is 8.28. The molecule has 0 saturated carbocycles. The highest BCUT2D eigenvalue weighted by Crippen LogP contribution is 2.22. The van der Waals surface area contributed by atoms with Crippen molar-refractivity contribution >= 4 is 11.8 Å². The van der Waals surface area contributed by atoms with Crippen LogP contribution in [0, 0.1) is 11.7 Å². The van der Waals surface area contributed by atoms with Crippen molar-refractivity contribution in [3.05, 3.63) is 35.6 Å². The Labute approximate surface area is 141 Å². The Morgan fingerprint density at radius 3 is 2.50 bits per heavy atom. The third-order valence-corrected chi connectivity index (χ3v) is 4.42. The highest BCUT2D eigenvalue weighted by Gasteiger charge is 2.35. The average molecular weight is 336 g/mol. The Morgan fingerprint density at radius 2 is 2.00 bits per heavy atom. The van der Waals surface area contributed by atoms with Crippen LogP contribution in [0.4, 0.5) is 4.39 Å². The van der Waals surface area contributed by atoms with Gasteiger partial charge in [-0.25, -0.2) is 4.39 Å². The Bertz CT molecular complexity index is 599. The number of aliphatic hydroxyl groups is 1. The largest absolute Gasteiger partial charge is 0.384 e. The summed E-state index contributed by atoms with van der Waals surface area (Å²) >= 11 is 0. The van der Waals surface area contributed by atoms with E-state index in [-0.39, 0.29) is 30.1 Å². The standard InChI is InChI=1S/C18H25FN2O3/c1-12(2)16(21-10-4-5-15(21)22)17(23)20-11-18(3,24)13-6-8-14(19)9-7-13/h6-9,12,16,24H,4-5,10-11H2,1-3H3,(H,20,23). The van der Waals surface area contributed by atoms with Gasteiger partial charge in [-0.05, 0) is 37.0 Å². The molecule has 5 nitrogen and oxygen atoms in total. The summed E-state index contributed by atoms with van der Waals surface area (Å²) in [6, 6.07) is 4.98. The van der Waals surface area contributed by atoms with E-state index in [1.165, 1.54) is 24.3 Å². The van der Waals surface area contributed by atoms with E-state index in [0.29, 0.717) is 18.5 Å². The number of nitrogens with zero attached hydrogens (tertiary/aromatic N) is 1. The lowest BCUT2D eigenvalue weighted by Gasteiger charge is -2.31. The van der Waals surface area contributed by atoms with Gasteiger partial charge in [-0.1, -0.05) is 26.0 Å². The fourth-order valence-electron chi connectivity index (χ4n) is 3.04. The number of hydrogen-bond donors (Lipinski definition) is 2. The van der Waals surface area contributed by atoms with Crippen LogP contribution in [0.5, 0.6) is 0 Å². The maximum absolute atomic E-state index is 13.0. The van der Waals surface area contributed by atoms with Crippen molar-refractivity contribution in [3.63, 3.8) is 0 Å². The second kappa shape index (κ2) is 7.30. The second-order valence-corrected chi connectivity index (χ2v) is 6.88. The van der Waals surface area contributed by atoms with Gasteiger partial charge in [0.2, 0.25) is 11.8 Å². The summed E-state index contributed by atoms with van der Waals surface area (Å²) in [6.45, 7) is 5.93. The maximum Gasteiger partial charge on any atom is 0.243 e. The molecular formula is C18H25FN2O3. The molecule has 24 heavy (non-hydrogen) atoms. The molecule has 1 aliphatic heterocycles. The van der Waals surface area contributed by atoms with Crippen LogP contribution < -0.4 is 5.32 Å². The molecule has 2 atom stereocenters. The topological polar surface area (TPSA) is 69.6 Å². The van der Waals surface area contributed by atoms with Gasteiger partial charge >= 0.3 is 0 Å². The van der Waals surface area contributed by atoms with Crippen molar-refractivity contribution in [1.29, 1.82) is 0 Å². The third kappa shape index (κ3) is 4.12. The van der Waals surface area contributed by atoms with Gasteiger partial charge in [0.15, 0.2) is 0 Å². The van der Waals surface area contributed by atoms with Crippen molar-refractivity contribution in [1.82, 2.24) is 10.2 Å². The fourth-order valence-corrected chi connectivity index (χ4v) is 3.04. The predicted molar refractivity (Wildman–Crippen MR) is 88.6 cm³/mol. The van der Waals surface area contributed by atoms with Gasteiger partial charge in [-0.15, -0.1) is 0 Å². The van der Waals surface area contributed by atoms with Crippen LogP contribution in [-0.4, -0.2) is 41.0 Å². The molecule has 0 radical (unpaired) electrons. The number of carbonyl (C=O) groups is 2. The van der Waals surface area contributed by atoms with Crippen LogP contribution in [0.1, 0.15) is 39.2 Å². The zero-order valence-corrected chi connectivity index (χ0v) is 14.4. The van der Waals surface area contributed by atoms with Crippen molar-refractivity contribution < 1.29 is 19.1 Å². The van der Waals surface area contributed by atoms with E-state index in [1.807, 2.05) is 13.8 Å². The number of hydrogen-bond acceptors (Lipinski definition) is 3. The minimum Gasteiger partial charge on any atom is -0.384 e. The van der Waals surface area contributed by atoms with Gasteiger partial charge in [0, 0.05) is 13.0 Å². The van der Waals surface area contributed by atoms with Crippen molar-refractivity contribution in [3.8, 4) is 0 Å². The zero-order chi connectivity index (χ0) is 17.9. The summed E-state index contributed by atoms with van der Waals surface area (Å²) in [6.07, 6.45) is 1.24. The monoisotopic (exact) mass is 336 g/mol. The van der Waals surface area contributed by atoms with Crippen molar-refractivity contribution in [2.45, 2.75) is 45.3 Å². The molecule has 2 unspecified atom stereocenters. The van der Waals surface area contributed by atoms with E-state index in [4.69, 9.17) is 0 Å². The quantitative estimate of drug-likeness (QED) is 0.832. The summed E-state index contributed by atoms with van der Waals surface area (Å²) in [5.41, 5.74) is -0.803. The normalized spacial score (nSPS) is 18.6. The van der Waals surface area contributed by atoms with Gasteiger partial charge in [0.05, 0.1) is 6.54 Å². The Kier molecular flexibility index (Phi) is 5.59. The number of halogens is 1. The van der Waals surface area contributed by atoms with Gasteiger partial charge in [-0.3, -0.25) is 9.59 Å². The fraction of sp³-hybridized carbons (Fsp3) is 0.556. The minimum absolute atomic E-state index is 0.00542. The van der Waals surface area contributed by atoms with Gasteiger partial charge < -0.3 is 15.3 Å². The lowest BCUT2D eigenvalue weighted by Crippen LogP contribution is -2.52. The van der Waals surface area contributed by atoms with Crippen LogP contribution >= 0.6 is 0 Å². The van der Waals surface area contributed by atoms with E-state index >= 15 is 0 Å². The summed E-state index contributed by atoms with van der Waals surface area (Å²) in [5, 5.41) is 13.3. The number of rotatable bonds is 6. The number of benzene rings is 1. The van der Waals surface area contributed by atoms with Gasteiger partial charge in [0.1, 0.15) is 17.5 Å². The molecule has 6 heteroatoms. The molecule has 1 heterocycles. The number of amides is 2. The van der Waals surface area contributed by atoms with Crippen LogP contribution in [-0.2, 0) is 15.2 Å².